The van der Waals surface area contributed by atoms with E-state index in [0.29, 0.717) is 43.2 Å². The molecule has 1 fully saturated rings. The van der Waals surface area contributed by atoms with Gasteiger partial charge in [0.05, 0.1) is 20.3 Å². The zero-order chi connectivity index (χ0) is 24.8. The van der Waals surface area contributed by atoms with Crippen LogP contribution in [0.2, 0.25) is 0 Å². The molecular weight excluding hydrogens is 442 g/mol. The summed E-state index contributed by atoms with van der Waals surface area (Å²) in [6.07, 6.45) is 0. The number of hydrogen-bond acceptors (Lipinski definition) is 4. The number of rotatable bonds is 6. The molecule has 1 heterocycles. The fourth-order valence-electron chi connectivity index (χ4n) is 4.30. The first-order valence-corrected chi connectivity index (χ1v) is 11.7. The van der Waals surface area contributed by atoms with Crippen molar-refractivity contribution in [2.75, 3.05) is 33.9 Å². The van der Waals surface area contributed by atoms with Crippen molar-refractivity contribution in [3.05, 3.63) is 95.1 Å². The van der Waals surface area contributed by atoms with Crippen molar-refractivity contribution >= 4 is 11.9 Å². The standard InChI is InChI=1S/C28H31N3O4/c1-20-9-11-21(12-10-20)18-29-28(33)30-15-16-31(24(19-30)22-7-5-4-6-8-22)27(32)23-13-14-25(34-2)26(17-23)35-3/h4-14,17,24H,15-16,18-19H2,1-3H3,(H,29,33). The van der Waals surface area contributed by atoms with Crippen molar-refractivity contribution in [2.45, 2.75) is 19.5 Å². The zero-order valence-corrected chi connectivity index (χ0v) is 20.4. The number of ether oxygens (including phenoxy) is 2. The zero-order valence-electron chi connectivity index (χ0n) is 20.4. The summed E-state index contributed by atoms with van der Waals surface area (Å²) in [5.74, 6) is 0.960. The van der Waals surface area contributed by atoms with Crippen LogP contribution in [0.4, 0.5) is 4.79 Å². The molecular formula is C28H31N3O4. The number of carbonyl (C=O) groups is 2. The predicted octanol–water partition coefficient (Wildman–Crippen LogP) is 4.42. The molecule has 1 saturated heterocycles. The quantitative estimate of drug-likeness (QED) is 0.575. The average molecular weight is 474 g/mol. The van der Waals surface area contributed by atoms with Gasteiger partial charge in [-0.15, -0.1) is 0 Å². The van der Waals surface area contributed by atoms with Crippen molar-refractivity contribution in [3.63, 3.8) is 0 Å². The molecule has 0 bridgehead atoms. The Morgan fingerprint density at radius 1 is 0.914 bits per heavy atom. The van der Waals surface area contributed by atoms with Gasteiger partial charge in [0.25, 0.3) is 5.91 Å². The minimum Gasteiger partial charge on any atom is -0.493 e. The van der Waals surface area contributed by atoms with Crippen LogP contribution in [0.15, 0.2) is 72.8 Å². The molecule has 0 radical (unpaired) electrons. The summed E-state index contributed by atoms with van der Waals surface area (Å²) < 4.78 is 10.7. The third-order valence-corrected chi connectivity index (χ3v) is 6.31. The normalized spacial score (nSPS) is 15.5. The molecule has 3 aromatic rings. The van der Waals surface area contributed by atoms with Gasteiger partial charge in [0.2, 0.25) is 0 Å². The summed E-state index contributed by atoms with van der Waals surface area (Å²) in [5, 5.41) is 3.02. The van der Waals surface area contributed by atoms with Crippen LogP contribution in [0.25, 0.3) is 0 Å². The second-order valence-corrected chi connectivity index (χ2v) is 8.59. The highest BCUT2D eigenvalue weighted by Crippen LogP contribution is 2.31. The molecule has 1 atom stereocenters. The largest absolute Gasteiger partial charge is 0.493 e. The Morgan fingerprint density at radius 3 is 2.31 bits per heavy atom. The number of aryl methyl sites for hydroxylation is 1. The third-order valence-electron chi connectivity index (χ3n) is 6.31. The van der Waals surface area contributed by atoms with Crippen LogP contribution in [-0.2, 0) is 6.54 Å². The molecule has 0 saturated carbocycles. The number of methoxy groups -OCH3 is 2. The molecule has 1 aliphatic rings. The monoisotopic (exact) mass is 473 g/mol. The first-order chi connectivity index (χ1) is 17.0. The van der Waals surface area contributed by atoms with Gasteiger partial charge < -0.3 is 24.6 Å². The summed E-state index contributed by atoms with van der Waals surface area (Å²) in [6, 6.07) is 22.7. The van der Waals surface area contributed by atoms with E-state index in [4.69, 9.17) is 9.47 Å². The number of hydrogen-bond donors (Lipinski definition) is 1. The van der Waals surface area contributed by atoms with Crippen molar-refractivity contribution in [2.24, 2.45) is 0 Å². The summed E-state index contributed by atoms with van der Waals surface area (Å²) in [4.78, 5) is 30.2. The number of amides is 3. The Balaban J connectivity index is 1.52. The first kappa shape index (κ1) is 24.1. The highest BCUT2D eigenvalue weighted by atomic mass is 16.5. The molecule has 4 rings (SSSR count). The Labute approximate surface area is 206 Å². The number of benzene rings is 3. The molecule has 0 aliphatic carbocycles. The fraction of sp³-hybridized carbons (Fsp3) is 0.286. The fourth-order valence-corrected chi connectivity index (χ4v) is 4.30. The first-order valence-electron chi connectivity index (χ1n) is 11.7. The molecule has 1 N–H and O–H groups in total. The van der Waals surface area contributed by atoms with Gasteiger partial charge in [-0.05, 0) is 36.2 Å². The van der Waals surface area contributed by atoms with Gasteiger partial charge in [0, 0.05) is 31.7 Å². The Kier molecular flexibility index (Phi) is 7.55. The number of piperazine rings is 1. The number of nitrogens with zero attached hydrogens (tertiary/aromatic N) is 2. The predicted molar refractivity (Wildman–Crippen MR) is 135 cm³/mol. The van der Waals surface area contributed by atoms with Crippen molar-refractivity contribution in [1.82, 2.24) is 15.1 Å². The van der Waals surface area contributed by atoms with Crippen molar-refractivity contribution < 1.29 is 19.1 Å². The van der Waals surface area contributed by atoms with Crippen LogP contribution < -0.4 is 14.8 Å². The topological polar surface area (TPSA) is 71.1 Å². The van der Waals surface area contributed by atoms with Crippen LogP contribution in [-0.4, -0.2) is 55.6 Å². The van der Waals surface area contributed by atoms with Crippen LogP contribution >= 0.6 is 0 Å². The molecule has 7 nitrogen and oxygen atoms in total. The SMILES string of the molecule is COc1ccc(C(=O)N2CCN(C(=O)NCc3ccc(C)cc3)CC2c2ccccc2)cc1OC. The average Bonchev–Trinajstić information content (AvgIpc) is 2.91. The summed E-state index contributed by atoms with van der Waals surface area (Å²) in [6.45, 7) is 3.77. The maximum Gasteiger partial charge on any atom is 0.317 e. The van der Waals surface area contributed by atoms with Gasteiger partial charge in [-0.2, -0.15) is 0 Å². The van der Waals surface area contributed by atoms with Crippen LogP contribution in [0.1, 0.15) is 33.1 Å². The molecule has 0 spiro atoms. The molecule has 7 heteroatoms. The van der Waals surface area contributed by atoms with Crippen LogP contribution in [0, 0.1) is 6.92 Å². The minimum atomic E-state index is -0.268. The van der Waals surface area contributed by atoms with Crippen LogP contribution in [0.3, 0.4) is 0 Å². The van der Waals surface area contributed by atoms with E-state index >= 15 is 0 Å². The lowest BCUT2D eigenvalue weighted by molar-refractivity contribution is 0.0505. The number of carbonyl (C=O) groups excluding carboxylic acids is 2. The maximum absolute atomic E-state index is 13.6. The lowest BCUT2D eigenvalue weighted by Gasteiger charge is -2.41. The molecule has 3 aromatic carbocycles. The smallest absolute Gasteiger partial charge is 0.317 e. The lowest BCUT2D eigenvalue weighted by atomic mass is 10.0. The summed E-state index contributed by atoms with van der Waals surface area (Å²) >= 11 is 0. The molecule has 35 heavy (non-hydrogen) atoms. The number of urea groups is 1. The van der Waals surface area contributed by atoms with Crippen molar-refractivity contribution in [1.29, 1.82) is 0 Å². The molecule has 3 amide bonds. The van der Waals surface area contributed by atoms with E-state index in [1.807, 2.05) is 66.4 Å². The molecule has 182 valence electrons. The molecule has 0 aromatic heterocycles. The van der Waals surface area contributed by atoms with Crippen LogP contribution in [0.5, 0.6) is 11.5 Å². The maximum atomic E-state index is 13.6. The van der Waals surface area contributed by atoms with E-state index in [0.717, 1.165) is 11.1 Å². The Hall–Kier alpha value is -4.00. The van der Waals surface area contributed by atoms with Gasteiger partial charge in [-0.1, -0.05) is 60.2 Å². The van der Waals surface area contributed by atoms with Gasteiger partial charge in [-0.3, -0.25) is 4.79 Å². The van der Waals surface area contributed by atoms with E-state index in [2.05, 4.69) is 5.32 Å². The second kappa shape index (κ2) is 11.0. The summed E-state index contributed by atoms with van der Waals surface area (Å²) in [7, 11) is 3.11. The second-order valence-electron chi connectivity index (χ2n) is 8.59. The van der Waals surface area contributed by atoms with E-state index in [1.165, 1.54) is 5.56 Å². The summed E-state index contributed by atoms with van der Waals surface area (Å²) in [5.41, 5.74) is 3.73. The van der Waals surface area contributed by atoms with Gasteiger partial charge in [-0.25, -0.2) is 4.79 Å². The van der Waals surface area contributed by atoms with E-state index < -0.39 is 0 Å². The molecule has 1 unspecified atom stereocenters. The Bertz CT molecular complexity index is 1160. The van der Waals surface area contributed by atoms with Crippen molar-refractivity contribution in [3.8, 4) is 11.5 Å². The van der Waals surface area contributed by atoms with Gasteiger partial charge >= 0.3 is 6.03 Å². The molecule has 1 aliphatic heterocycles. The highest BCUT2D eigenvalue weighted by Gasteiger charge is 2.34. The number of nitrogens with one attached hydrogen (secondary N) is 1. The van der Waals surface area contributed by atoms with E-state index in [9.17, 15) is 9.59 Å². The van der Waals surface area contributed by atoms with Gasteiger partial charge in [0.1, 0.15) is 0 Å². The minimum absolute atomic E-state index is 0.112. The van der Waals surface area contributed by atoms with E-state index in [-0.39, 0.29) is 18.0 Å². The Morgan fingerprint density at radius 2 is 1.63 bits per heavy atom. The third kappa shape index (κ3) is 5.57. The lowest BCUT2D eigenvalue weighted by Crippen LogP contribution is -2.54. The van der Waals surface area contributed by atoms with Gasteiger partial charge in [0.15, 0.2) is 11.5 Å². The van der Waals surface area contributed by atoms with E-state index in [1.54, 1.807) is 37.3 Å². The highest BCUT2D eigenvalue weighted by molar-refractivity contribution is 5.95.